The Kier molecular flexibility index (Phi) is 4.59. The Morgan fingerprint density at radius 3 is 2.58 bits per heavy atom. The average Bonchev–Trinajstić information content (AvgIpc) is 2.62. The van der Waals surface area contributed by atoms with Crippen molar-refractivity contribution in [3.63, 3.8) is 0 Å². The van der Waals surface area contributed by atoms with Gasteiger partial charge in [-0.1, -0.05) is 20.8 Å². The molecule has 2 fully saturated rings. The molecule has 3 nitrogen and oxygen atoms in total. The van der Waals surface area contributed by atoms with Crippen LogP contribution in [0.2, 0.25) is 0 Å². The van der Waals surface area contributed by atoms with Crippen molar-refractivity contribution in [1.29, 1.82) is 0 Å². The number of likely N-dealkylation sites (tertiary alicyclic amines) is 1. The zero-order valence-electron chi connectivity index (χ0n) is 13.2. The van der Waals surface area contributed by atoms with Crippen molar-refractivity contribution in [2.45, 2.75) is 65.0 Å². The molecule has 19 heavy (non-hydrogen) atoms. The molecular weight excluding hydrogens is 236 g/mol. The summed E-state index contributed by atoms with van der Waals surface area (Å²) in [6, 6.07) is 0.670. The van der Waals surface area contributed by atoms with Crippen LogP contribution in [0.15, 0.2) is 0 Å². The van der Waals surface area contributed by atoms with Crippen LogP contribution in [0.5, 0.6) is 0 Å². The Bertz CT molecular complexity index is 301. The monoisotopic (exact) mass is 268 g/mol. The largest absolute Gasteiger partial charge is 0.389 e. The van der Waals surface area contributed by atoms with E-state index in [0.29, 0.717) is 11.5 Å². The molecule has 0 aromatic rings. The van der Waals surface area contributed by atoms with Gasteiger partial charge in [0.2, 0.25) is 0 Å². The summed E-state index contributed by atoms with van der Waals surface area (Å²) in [6.45, 7) is 13.1. The van der Waals surface area contributed by atoms with E-state index in [-0.39, 0.29) is 0 Å². The molecule has 3 atom stereocenters. The summed E-state index contributed by atoms with van der Waals surface area (Å²) in [7, 11) is 0. The van der Waals surface area contributed by atoms with Gasteiger partial charge in [0.25, 0.3) is 0 Å². The molecule has 2 aliphatic rings. The van der Waals surface area contributed by atoms with Crippen LogP contribution in [-0.2, 0) is 0 Å². The van der Waals surface area contributed by atoms with Crippen molar-refractivity contribution in [3.8, 4) is 0 Å². The summed E-state index contributed by atoms with van der Waals surface area (Å²) < 4.78 is 0. The predicted molar refractivity (Wildman–Crippen MR) is 80.3 cm³/mol. The van der Waals surface area contributed by atoms with E-state index in [9.17, 15) is 5.11 Å². The van der Waals surface area contributed by atoms with E-state index in [1.807, 2.05) is 6.92 Å². The van der Waals surface area contributed by atoms with Gasteiger partial charge < -0.3 is 15.3 Å². The van der Waals surface area contributed by atoms with Crippen LogP contribution in [0.1, 0.15) is 53.4 Å². The van der Waals surface area contributed by atoms with Gasteiger partial charge in [0.05, 0.1) is 5.60 Å². The van der Waals surface area contributed by atoms with Gasteiger partial charge in [-0.2, -0.15) is 0 Å². The lowest BCUT2D eigenvalue weighted by atomic mass is 9.69. The molecule has 0 bridgehead atoms. The highest BCUT2D eigenvalue weighted by Crippen LogP contribution is 2.39. The van der Waals surface area contributed by atoms with E-state index in [1.165, 1.54) is 19.3 Å². The molecule has 1 saturated carbocycles. The highest BCUT2D eigenvalue weighted by molar-refractivity contribution is 4.93. The first-order valence-corrected chi connectivity index (χ1v) is 7.99. The molecule has 0 radical (unpaired) electrons. The molecule has 1 saturated heterocycles. The fourth-order valence-corrected chi connectivity index (χ4v) is 3.99. The summed E-state index contributed by atoms with van der Waals surface area (Å²) in [5.74, 6) is 0.734. The fourth-order valence-electron chi connectivity index (χ4n) is 3.99. The molecule has 112 valence electrons. The van der Waals surface area contributed by atoms with Crippen molar-refractivity contribution in [3.05, 3.63) is 0 Å². The van der Waals surface area contributed by atoms with Crippen molar-refractivity contribution >= 4 is 0 Å². The van der Waals surface area contributed by atoms with Gasteiger partial charge in [-0.05, 0) is 50.5 Å². The van der Waals surface area contributed by atoms with Gasteiger partial charge >= 0.3 is 0 Å². The number of nitrogens with one attached hydrogen (secondary N) is 1. The van der Waals surface area contributed by atoms with Gasteiger partial charge in [0.1, 0.15) is 0 Å². The first-order chi connectivity index (χ1) is 8.81. The average molecular weight is 268 g/mol. The molecule has 3 unspecified atom stereocenters. The minimum atomic E-state index is -0.460. The van der Waals surface area contributed by atoms with Crippen molar-refractivity contribution < 1.29 is 5.11 Å². The third-order valence-electron chi connectivity index (χ3n) is 5.01. The van der Waals surface area contributed by atoms with Crippen LogP contribution in [0.4, 0.5) is 0 Å². The Balaban J connectivity index is 1.94. The van der Waals surface area contributed by atoms with Crippen molar-refractivity contribution in [1.82, 2.24) is 10.2 Å². The second kappa shape index (κ2) is 5.71. The third-order valence-corrected chi connectivity index (χ3v) is 5.01. The molecule has 0 spiro atoms. The predicted octanol–water partition coefficient (Wildman–Crippen LogP) is 2.25. The van der Waals surface area contributed by atoms with Gasteiger partial charge in [0, 0.05) is 25.7 Å². The maximum absolute atomic E-state index is 10.1. The second-order valence-corrected chi connectivity index (χ2v) is 7.81. The standard InChI is InChI=1S/C16H32N2O/c1-5-17-14-6-7-15(2,3)10-13(14)11-18-9-8-16(4,19)12-18/h13-14,17,19H,5-12H2,1-4H3. The van der Waals surface area contributed by atoms with Gasteiger partial charge in [-0.15, -0.1) is 0 Å². The fraction of sp³-hybridized carbons (Fsp3) is 1.00. The van der Waals surface area contributed by atoms with Crippen molar-refractivity contribution in [2.24, 2.45) is 11.3 Å². The van der Waals surface area contributed by atoms with E-state index >= 15 is 0 Å². The highest BCUT2D eigenvalue weighted by Gasteiger charge is 2.38. The number of hydrogen-bond acceptors (Lipinski definition) is 3. The van der Waals surface area contributed by atoms with Crippen molar-refractivity contribution in [2.75, 3.05) is 26.2 Å². The Hall–Kier alpha value is -0.120. The lowest BCUT2D eigenvalue weighted by Crippen LogP contribution is -2.47. The van der Waals surface area contributed by atoms with Crippen LogP contribution in [-0.4, -0.2) is 47.8 Å². The smallest absolute Gasteiger partial charge is 0.0758 e. The van der Waals surface area contributed by atoms with E-state index in [1.54, 1.807) is 0 Å². The number of hydrogen-bond donors (Lipinski definition) is 2. The molecule has 1 heterocycles. The zero-order valence-corrected chi connectivity index (χ0v) is 13.2. The van der Waals surface area contributed by atoms with Crippen LogP contribution in [0.3, 0.4) is 0 Å². The molecule has 3 heteroatoms. The normalized spacial score (nSPS) is 39.6. The zero-order chi connectivity index (χ0) is 14.1. The van der Waals surface area contributed by atoms with Crippen LogP contribution in [0, 0.1) is 11.3 Å². The van der Waals surface area contributed by atoms with E-state index in [4.69, 9.17) is 0 Å². The summed E-state index contributed by atoms with van der Waals surface area (Å²) in [5.41, 5.74) is 0.0245. The topological polar surface area (TPSA) is 35.5 Å². The number of nitrogens with zero attached hydrogens (tertiary/aromatic N) is 1. The van der Waals surface area contributed by atoms with E-state index in [2.05, 4.69) is 31.0 Å². The third kappa shape index (κ3) is 4.17. The minimum absolute atomic E-state index is 0.460. The number of β-amino-alcohol motifs (C(OH)–C–C–N with tert-alkyl or cyclic N) is 1. The van der Waals surface area contributed by atoms with Crippen LogP contribution in [0.25, 0.3) is 0 Å². The lowest BCUT2D eigenvalue weighted by Gasteiger charge is -2.42. The Morgan fingerprint density at radius 1 is 1.26 bits per heavy atom. The highest BCUT2D eigenvalue weighted by atomic mass is 16.3. The first-order valence-electron chi connectivity index (χ1n) is 7.99. The quantitative estimate of drug-likeness (QED) is 0.821. The summed E-state index contributed by atoms with van der Waals surface area (Å²) in [4.78, 5) is 2.47. The second-order valence-electron chi connectivity index (χ2n) is 7.81. The SMILES string of the molecule is CCNC1CCC(C)(C)CC1CN1CCC(C)(O)C1. The summed E-state index contributed by atoms with van der Waals surface area (Å²) in [5, 5.41) is 13.8. The number of aliphatic hydroxyl groups is 1. The molecule has 1 aliphatic heterocycles. The minimum Gasteiger partial charge on any atom is -0.389 e. The molecule has 0 aromatic heterocycles. The maximum Gasteiger partial charge on any atom is 0.0758 e. The molecule has 0 aromatic carbocycles. The summed E-state index contributed by atoms with van der Waals surface area (Å²) in [6.07, 6.45) is 4.87. The molecule has 2 rings (SSSR count). The molecule has 0 amide bonds. The van der Waals surface area contributed by atoms with Gasteiger partial charge in [-0.3, -0.25) is 0 Å². The van der Waals surface area contributed by atoms with E-state index in [0.717, 1.165) is 38.5 Å². The Labute approximate surface area is 118 Å². The first kappa shape index (κ1) is 15.3. The number of rotatable bonds is 4. The maximum atomic E-state index is 10.1. The molecular formula is C16H32N2O. The van der Waals surface area contributed by atoms with Gasteiger partial charge in [0.15, 0.2) is 0 Å². The lowest BCUT2D eigenvalue weighted by molar-refractivity contribution is 0.0579. The molecule has 1 aliphatic carbocycles. The Morgan fingerprint density at radius 2 is 2.00 bits per heavy atom. The van der Waals surface area contributed by atoms with Crippen LogP contribution < -0.4 is 5.32 Å². The van der Waals surface area contributed by atoms with E-state index < -0.39 is 5.60 Å². The summed E-state index contributed by atoms with van der Waals surface area (Å²) >= 11 is 0. The molecule has 2 N–H and O–H groups in total. The van der Waals surface area contributed by atoms with Crippen LogP contribution >= 0.6 is 0 Å². The van der Waals surface area contributed by atoms with Gasteiger partial charge in [-0.25, -0.2) is 0 Å².